The summed E-state index contributed by atoms with van der Waals surface area (Å²) < 4.78 is 10.5. The van der Waals surface area contributed by atoms with Crippen molar-refractivity contribution in [2.24, 2.45) is 11.8 Å². The first-order valence-corrected chi connectivity index (χ1v) is 7.79. The lowest BCUT2D eigenvalue weighted by Crippen LogP contribution is -2.38. The van der Waals surface area contributed by atoms with Gasteiger partial charge in [-0.25, -0.2) is 0 Å². The Morgan fingerprint density at radius 3 is 2.70 bits per heavy atom. The molecule has 1 unspecified atom stereocenters. The highest BCUT2D eigenvalue weighted by Crippen LogP contribution is 2.36. The number of ether oxygens (including phenoxy) is 2. The Morgan fingerprint density at radius 2 is 2.09 bits per heavy atom. The Morgan fingerprint density at radius 1 is 1.35 bits per heavy atom. The van der Waals surface area contributed by atoms with E-state index in [1.54, 1.807) is 37.3 Å². The molecule has 1 aliphatic heterocycles. The minimum absolute atomic E-state index is 0.196. The van der Waals surface area contributed by atoms with E-state index < -0.39 is 5.92 Å². The second kappa shape index (κ2) is 7.35. The minimum atomic E-state index is -0.635. The van der Waals surface area contributed by atoms with Crippen LogP contribution in [-0.2, 0) is 9.59 Å². The molecule has 2 amide bonds. The zero-order valence-electron chi connectivity index (χ0n) is 14.1. The Labute approximate surface area is 136 Å². The molecule has 1 N–H and O–H groups in total. The SMILES string of the molecule is COc1ccc(OC)c(N2CCC(C(=O)NCC(C)C)C2=O)c1. The number of rotatable bonds is 6. The number of carbonyl (C=O) groups excluding carboxylic acids is 2. The summed E-state index contributed by atoms with van der Waals surface area (Å²) in [5, 5.41) is 2.84. The maximum Gasteiger partial charge on any atom is 0.239 e. The van der Waals surface area contributed by atoms with E-state index >= 15 is 0 Å². The fourth-order valence-electron chi connectivity index (χ4n) is 2.60. The van der Waals surface area contributed by atoms with Gasteiger partial charge in [0.05, 0.1) is 19.9 Å². The average Bonchev–Trinajstić information content (AvgIpc) is 2.93. The van der Waals surface area contributed by atoms with Gasteiger partial charge in [0, 0.05) is 19.2 Å². The van der Waals surface area contributed by atoms with E-state index in [2.05, 4.69) is 5.32 Å². The average molecular weight is 320 g/mol. The number of anilines is 1. The lowest BCUT2D eigenvalue weighted by molar-refractivity contribution is -0.132. The van der Waals surface area contributed by atoms with Gasteiger partial charge in [-0.05, 0) is 24.5 Å². The number of nitrogens with one attached hydrogen (secondary N) is 1. The van der Waals surface area contributed by atoms with Crippen molar-refractivity contribution in [1.82, 2.24) is 5.32 Å². The van der Waals surface area contributed by atoms with Crippen LogP contribution in [-0.4, -0.2) is 39.1 Å². The molecule has 1 aromatic carbocycles. The third-order valence-corrected chi connectivity index (χ3v) is 3.88. The molecule has 0 aliphatic carbocycles. The molecule has 0 bridgehead atoms. The van der Waals surface area contributed by atoms with Crippen molar-refractivity contribution in [3.8, 4) is 11.5 Å². The van der Waals surface area contributed by atoms with Crippen LogP contribution in [0.2, 0.25) is 0 Å². The van der Waals surface area contributed by atoms with Gasteiger partial charge in [-0.2, -0.15) is 0 Å². The largest absolute Gasteiger partial charge is 0.497 e. The van der Waals surface area contributed by atoms with Gasteiger partial charge in [0.15, 0.2) is 0 Å². The van der Waals surface area contributed by atoms with Crippen molar-refractivity contribution < 1.29 is 19.1 Å². The molecular weight excluding hydrogens is 296 g/mol. The summed E-state index contributed by atoms with van der Waals surface area (Å²) in [6.07, 6.45) is 0.503. The van der Waals surface area contributed by atoms with Crippen LogP contribution in [0.25, 0.3) is 0 Å². The molecule has 1 aliphatic rings. The monoisotopic (exact) mass is 320 g/mol. The van der Waals surface area contributed by atoms with Crippen LogP contribution in [0.1, 0.15) is 20.3 Å². The van der Waals surface area contributed by atoms with Crippen molar-refractivity contribution in [3.63, 3.8) is 0 Å². The number of hydrogen-bond donors (Lipinski definition) is 1. The van der Waals surface area contributed by atoms with Crippen LogP contribution in [0.15, 0.2) is 18.2 Å². The molecule has 0 radical (unpaired) electrons. The van der Waals surface area contributed by atoms with Crippen LogP contribution in [0.4, 0.5) is 5.69 Å². The summed E-state index contributed by atoms with van der Waals surface area (Å²) in [6.45, 7) is 5.10. The Balaban J connectivity index is 2.17. The fourth-order valence-corrected chi connectivity index (χ4v) is 2.60. The van der Waals surface area contributed by atoms with E-state index in [1.165, 1.54) is 0 Å². The predicted molar refractivity (Wildman–Crippen MR) is 87.9 cm³/mol. The van der Waals surface area contributed by atoms with E-state index in [4.69, 9.17) is 9.47 Å². The second-order valence-corrected chi connectivity index (χ2v) is 6.01. The van der Waals surface area contributed by atoms with Crippen LogP contribution < -0.4 is 19.7 Å². The van der Waals surface area contributed by atoms with E-state index in [0.717, 1.165) is 0 Å². The number of carbonyl (C=O) groups is 2. The summed E-state index contributed by atoms with van der Waals surface area (Å²) in [7, 11) is 3.12. The van der Waals surface area contributed by atoms with E-state index in [-0.39, 0.29) is 11.8 Å². The molecule has 1 aromatic rings. The summed E-state index contributed by atoms with van der Waals surface area (Å²) in [5.74, 6) is 0.546. The number of benzene rings is 1. The summed E-state index contributed by atoms with van der Waals surface area (Å²) >= 11 is 0. The quantitative estimate of drug-likeness (QED) is 0.812. The fraction of sp³-hybridized carbons (Fsp3) is 0.529. The molecule has 6 heteroatoms. The molecule has 1 fully saturated rings. The molecule has 0 saturated carbocycles. The van der Waals surface area contributed by atoms with Crippen molar-refractivity contribution in [2.45, 2.75) is 20.3 Å². The van der Waals surface area contributed by atoms with Crippen LogP contribution in [0, 0.1) is 11.8 Å². The molecule has 1 heterocycles. The normalized spacial score (nSPS) is 17.5. The predicted octanol–water partition coefficient (Wildman–Crippen LogP) is 1.83. The first kappa shape index (κ1) is 17.1. The van der Waals surface area contributed by atoms with Gasteiger partial charge < -0.3 is 19.7 Å². The van der Waals surface area contributed by atoms with Crippen molar-refractivity contribution in [3.05, 3.63) is 18.2 Å². The number of amides is 2. The zero-order chi connectivity index (χ0) is 17.0. The third kappa shape index (κ3) is 3.75. The highest BCUT2D eigenvalue weighted by Gasteiger charge is 2.38. The lowest BCUT2D eigenvalue weighted by atomic mass is 10.1. The Kier molecular flexibility index (Phi) is 5.47. The van der Waals surface area contributed by atoms with Crippen molar-refractivity contribution in [2.75, 3.05) is 32.2 Å². The maximum atomic E-state index is 12.6. The summed E-state index contributed by atoms with van der Waals surface area (Å²) in [4.78, 5) is 26.4. The molecule has 126 valence electrons. The van der Waals surface area contributed by atoms with E-state index in [0.29, 0.717) is 42.6 Å². The minimum Gasteiger partial charge on any atom is -0.497 e. The Bertz CT molecular complexity index is 586. The molecular formula is C17H24N2O4. The molecule has 1 atom stereocenters. The van der Waals surface area contributed by atoms with E-state index in [9.17, 15) is 9.59 Å². The standard InChI is InChI=1S/C17H24N2O4/c1-11(2)10-18-16(20)13-7-8-19(17(13)21)14-9-12(22-3)5-6-15(14)23-4/h5-6,9,11,13H,7-8,10H2,1-4H3,(H,18,20). The molecule has 23 heavy (non-hydrogen) atoms. The Hall–Kier alpha value is -2.24. The van der Waals surface area contributed by atoms with Gasteiger partial charge in [-0.15, -0.1) is 0 Å². The van der Waals surface area contributed by atoms with Gasteiger partial charge in [-0.1, -0.05) is 13.8 Å². The second-order valence-electron chi connectivity index (χ2n) is 6.01. The van der Waals surface area contributed by atoms with Crippen molar-refractivity contribution >= 4 is 17.5 Å². The number of nitrogens with zero attached hydrogens (tertiary/aromatic N) is 1. The van der Waals surface area contributed by atoms with E-state index in [1.807, 2.05) is 13.8 Å². The molecule has 0 spiro atoms. The topological polar surface area (TPSA) is 67.9 Å². The highest BCUT2D eigenvalue weighted by molar-refractivity contribution is 6.10. The number of methoxy groups -OCH3 is 2. The first-order valence-electron chi connectivity index (χ1n) is 7.79. The maximum absolute atomic E-state index is 12.6. The first-order chi connectivity index (χ1) is 11.0. The summed E-state index contributed by atoms with van der Waals surface area (Å²) in [6, 6.07) is 5.29. The highest BCUT2D eigenvalue weighted by atomic mass is 16.5. The lowest BCUT2D eigenvalue weighted by Gasteiger charge is -2.20. The van der Waals surface area contributed by atoms with Gasteiger partial charge in [0.1, 0.15) is 17.4 Å². The van der Waals surface area contributed by atoms with Crippen molar-refractivity contribution in [1.29, 1.82) is 0 Å². The van der Waals surface area contributed by atoms with Crippen LogP contribution in [0.5, 0.6) is 11.5 Å². The molecule has 6 nitrogen and oxygen atoms in total. The zero-order valence-corrected chi connectivity index (χ0v) is 14.1. The summed E-state index contributed by atoms with van der Waals surface area (Å²) in [5.41, 5.74) is 0.635. The van der Waals surface area contributed by atoms with Gasteiger partial charge in [-0.3, -0.25) is 9.59 Å². The smallest absolute Gasteiger partial charge is 0.239 e. The number of hydrogen-bond acceptors (Lipinski definition) is 4. The molecule has 1 saturated heterocycles. The molecule has 2 rings (SSSR count). The van der Waals surface area contributed by atoms with Crippen LogP contribution >= 0.6 is 0 Å². The van der Waals surface area contributed by atoms with Gasteiger partial charge >= 0.3 is 0 Å². The van der Waals surface area contributed by atoms with Crippen LogP contribution in [0.3, 0.4) is 0 Å². The van der Waals surface area contributed by atoms with Gasteiger partial charge in [0.2, 0.25) is 11.8 Å². The molecule has 0 aromatic heterocycles. The third-order valence-electron chi connectivity index (χ3n) is 3.88. The van der Waals surface area contributed by atoms with Gasteiger partial charge in [0.25, 0.3) is 0 Å².